The maximum absolute atomic E-state index is 13.5. The van der Waals surface area contributed by atoms with Gasteiger partial charge in [-0.15, -0.1) is 0 Å². The highest BCUT2D eigenvalue weighted by molar-refractivity contribution is 6.31. The first-order chi connectivity index (χ1) is 36.5. The number of piperidine rings is 2. The van der Waals surface area contributed by atoms with E-state index in [2.05, 4.69) is 98.2 Å². The quantitative estimate of drug-likeness (QED) is 0.0864. The molecule has 0 radical (unpaired) electrons. The molecule has 18 nitrogen and oxygen atoms in total. The van der Waals surface area contributed by atoms with E-state index in [9.17, 15) is 19.6 Å². The number of halogens is 1. The lowest BCUT2D eigenvalue weighted by Crippen LogP contribution is -2.74. The maximum Gasteiger partial charge on any atom is 0.254 e. The fourth-order valence-electron chi connectivity index (χ4n) is 12.9. The normalized spacial score (nSPS) is 21.9. The third-order valence-electron chi connectivity index (χ3n) is 16.9. The van der Waals surface area contributed by atoms with Gasteiger partial charge in [-0.3, -0.25) is 14.4 Å². The average molecular weight is 1060 g/mol. The third kappa shape index (κ3) is 11.5. The van der Waals surface area contributed by atoms with Crippen LogP contribution in [0.3, 0.4) is 0 Å². The molecule has 0 spiro atoms. The van der Waals surface area contributed by atoms with Gasteiger partial charge in [0.2, 0.25) is 17.8 Å². The lowest BCUT2D eigenvalue weighted by molar-refractivity contribution is -0.164. The topological polar surface area (TPSA) is 197 Å². The van der Waals surface area contributed by atoms with E-state index in [0.29, 0.717) is 68.8 Å². The third-order valence-corrected chi connectivity index (χ3v) is 17.2. The predicted molar refractivity (Wildman–Crippen MR) is 296 cm³/mol. The van der Waals surface area contributed by atoms with Gasteiger partial charge in [-0.25, -0.2) is 15.0 Å². The Balaban J connectivity index is 0.670. The van der Waals surface area contributed by atoms with Gasteiger partial charge in [0.05, 0.1) is 35.1 Å². The van der Waals surface area contributed by atoms with Crippen LogP contribution in [0.15, 0.2) is 55.0 Å². The number of benzene rings is 2. The number of aromatic nitrogens is 4. The first-order valence-corrected chi connectivity index (χ1v) is 27.7. The van der Waals surface area contributed by atoms with Crippen molar-refractivity contribution in [1.82, 2.24) is 40.4 Å². The first-order valence-electron chi connectivity index (χ1n) is 27.3. The lowest BCUT2D eigenvalue weighted by Gasteiger charge is -2.63. The van der Waals surface area contributed by atoms with Crippen LogP contribution >= 0.6 is 11.6 Å². The standard InChI is InChI=1S/C57H76ClN13O5/c1-9-45-51(74)68(7)46-34-60-54(65-48(46)71(45)41-13-10-11-14-41)64-44-18-16-37(29-47(44)75-8)49(72)63-40-21-25-69(26-22-40)24-12-23-67(6)35-36-19-27-70(28-20-36)55-61-32-39(33-62-55)50(73)66-52-56(2,3)53(57(52,4)5)76-42-17-15-38(31-59)43(58)30-42/h15-18,29-30,32-34,36,40-41,45,52-53H,9-14,19-28,35H2,1-8H3,(H,63,72)(H,66,73)(H,60,64,65)/t45-,52?,53?/m1/s1. The van der Waals surface area contributed by atoms with E-state index in [1.807, 2.05) is 6.07 Å². The van der Waals surface area contributed by atoms with E-state index in [4.69, 9.17) is 26.1 Å². The fourth-order valence-corrected chi connectivity index (χ4v) is 13.1. The van der Waals surface area contributed by atoms with Gasteiger partial charge in [0.15, 0.2) is 5.82 Å². The maximum atomic E-state index is 13.5. The number of likely N-dealkylation sites (tertiary alicyclic amines) is 1. The Bertz CT molecular complexity index is 2750. The summed E-state index contributed by atoms with van der Waals surface area (Å²) in [6.45, 7) is 17.1. The number of carbonyl (C=O) groups is 3. The molecule has 2 aromatic heterocycles. The summed E-state index contributed by atoms with van der Waals surface area (Å²) in [5, 5.41) is 19.4. The molecule has 3 N–H and O–H groups in total. The van der Waals surface area contributed by atoms with Crippen molar-refractivity contribution in [2.24, 2.45) is 16.7 Å². The van der Waals surface area contributed by atoms with Crippen LogP contribution in [-0.4, -0.2) is 145 Å². The number of hydrogen-bond donors (Lipinski definition) is 3. The van der Waals surface area contributed by atoms with Crippen LogP contribution < -0.4 is 40.1 Å². The molecule has 76 heavy (non-hydrogen) atoms. The number of anilines is 5. The van der Waals surface area contributed by atoms with E-state index < -0.39 is 0 Å². The smallest absolute Gasteiger partial charge is 0.254 e. The molecule has 2 aliphatic carbocycles. The molecule has 0 unspecified atom stereocenters. The Hall–Kier alpha value is -6.29. The highest BCUT2D eigenvalue weighted by Crippen LogP contribution is 2.56. The van der Waals surface area contributed by atoms with E-state index in [1.54, 1.807) is 68.0 Å². The number of amides is 3. The number of nitriles is 1. The van der Waals surface area contributed by atoms with Crippen molar-refractivity contribution in [3.05, 3.63) is 76.7 Å². The van der Waals surface area contributed by atoms with Gasteiger partial charge in [0.25, 0.3) is 11.8 Å². The fraction of sp³-hybridized carbons (Fsp3) is 0.579. The molecule has 4 fully saturated rings. The first kappa shape index (κ1) is 54.5. The average Bonchev–Trinajstić information content (AvgIpc) is 4.06. The van der Waals surface area contributed by atoms with Crippen LogP contribution in [0, 0.1) is 28.1 Å². The van der Waals surface area contributed by atoms with Gasteiger partial charge < -0.3 is 49.9 Å². The summed E-state index contributed by atoms with van der Waals surface area (Å²) in [6.07, 6.45) is 14.8. The van der Waals surface area contributed by atoms with Gasteiger partial charge >= 0.3 is 0 Å². The van der Waals surface area contributed by atoms with E-state index in [1.165, 1.54) is 0 Å². The summed E-state index contributed by atoms with van der Waals surface area (Å²) in [5.74, 6) is 3.26. The summed E-state index contributed by atoms with van der Waals surface area (Å²) < 4.78 is 12.1. The van der Waals surface area contributed by atoms with Crippen molar-refractivity contribution < 1.29 is 23.9 Å². The Kier molecular flexibility index (Phi) is 16.6. The molecule has 3 amide bonds. The zero-order chi connectivity index (χ0) is 53.9. The lowest BCUT2D eigenvalue weighted by atomic mass is 9.49. The van der Waals surface area contributed by atoms with Crippen LogP contribution in [0.1, 0.15) is 125 Å². The number of methoxy groups -OCH3 is 1. The number of ether oxygens (including phenoxy) is 2. The molecule has 1 atom stereocenters. The van der Waals surface area contributed by atoms with Crippen molar-refractivity contribution in [2.75, 3.05) is 87.0 Å². The largest absolute Gasteiger partial charge is 0.495 e. The molecule has 4 aromatic rings. The van der Waals surface area contributed by atoms with Gasteiger partial charge in [-0.2, -0.15) is 10.2 Å². The van der Waals surface area contributed by atoms with Crippen molar-refractivity contribution >= 4 is 58.4 Å². The minimum Gasteiger partial charge on any atom is -0.495 e. The van der Waals surface area contributed by atoms with Gasteiger partial charge in [-0.1, -0.05) is 59.1 Å². The number of nitrogens with one attached hydrogen (secondary N) is 3. The predicted octanol–water partition coefficient (Wildman–Crippen LogP) is 8.09. The molecule has 19 heteroatoms. The summed E-state index contributed by atoms with van der Waals surface area (Å²) in [5.41, 5.74) is 1.95. The summed E-state index contributed by atoms with van der Waals surface area (Å²) in [7, 11) is 5.61. The number of nitrogens with zero attached hydrogens (tertiary/aromatic N) is 10. The summed E-state index contributed by atoms with van der Waals surface area (Å²) >= 11 is 6.27. The zero-order valence-electron chi connectivity index (χ0n) is 45.6. The monoisotopic (exact) mass is 1060 g/mol. The number of likely N-dealkylation sites (N-methyl/N-ethyl adjacent to an activating group) is 1. The van der Waals surface area contributed by atoms with Crippen LogP contribution in [-0.2, 0) is 4.79 Å². The summed E-state index contributed by atoms with van der Waals surface area (Å²) in [6, 6.07) is 12.5. The van der Waals surface area contributed by atoms with E-state index >= 15 is 0 Å². The second kappa shape index (κ2) is 23.1. The van der Waals surface area contributed by atoms with Gasteiger partial charge in [-0.05, 0) is 108 Å². The Morgan fingerprint density at radius 2 is 1.59 bits per heavy atom. The van der Waals surface area contributed by atoms with Crippen LogP contribution in [0.25, 0.3) is 0 Å². The SMILES string of the molecule is CC[C@@H]1C(=O)N(C)c2cnc(Nc3ccc(C(=O)NC4CCN(CCCN(C)CC5CCN(c6ncc(C(=O)NC7C(C)(C)C(Oc8ccc(C#N)c(Cl)c8)C7(C)C)cn6)CC5)CC4)cc3OC)nc2N1C1CCCC1. The van der Waals surface area contributed by atoms with Crippen LogP contribution in [0.4, 0.5) is 29.1 Å². The second-order valence-corrected chi connectivity index (χ2v) is 23.2. The Labute approximate surface area is 453 Å². The minimum atomic E-state index is -0.380. The number of carbonyl (C=O) groups excluding carboxylic acids is 3. The molecule has 406 valence electrons. The number of rotatable bonds is 18. The molecule has 3 aliphatic heterocycles. The molecule has 5 aliphatic rings. The molecular weight excluding hydrogens is 982 g/mol. The highest BCUT2D eigenvalue weighted by Gasteiger charge is 2.64. The van der Waals surface area contributed by atoms with Crippen molar-refractivity contribution in [2.45, 2.75) is 129 Å². The minimum absolute atomic E-state index is 0.0758. The number of hydrogen-bond acceptors (Lipinski definition) is 15. The molecule has 5 heterocycles. The van der Waals surface area contributed by atoms with Gasteiger partial charge in [0.1, 0.15) is 35.4 Å². The number of fused-ring (bicyclic) bond motifs is 1. The molecule has 2 saturated heterocycles. The van der Waals surface area contributed by atoms with Crippen LogP contribution in [0.2, 0.25) is 5.02 Å². The molecule has 2 saturated carbocycles. The van der Waals surface area contributed by atoms with E-state index in [-0.39, 0.29) is 58.8 Å². The Morgan fingerprint density at radius 3 is 2.25 bits per heavy atom. The zero-order valence-corrected chi connectivity index (χ0v) is 46.3. The molecular formula is C57H76ClN13O5. The highest BCUT2D eigenvalue weighted by atomic mass is 35.5. The summed E-state index contributed by atoms with van der Waals surface area (Å²) in [4.78, 5) is 70.3. The molecule has 0 bridgehead atoms. The Morgan fingerprint density at radius 1 is 0.895 bits per heavy atom. The van der Waals surface area contributed by atoms with Crippen LogP contribution in [0.5, 0.6) is 11.5 Å². The van der Waals surface area contributed by atoms with Gasteiger partial charge in [0, 0.05) is 92.8 Å². The molecule has 9 rings (SSSR count). The molecule has 2 aromatic carbocycles. The van der Waals surface area contributed by atoms with E-state index in [0.717, 1.165) is 109 Å². The second-order valence-electron chi connectivity index (χ2n) is 22.8. The van der Waals surface area contributed by atoms with Crippen molar-refractivity contribution in [3.8, 4) is 17.6 Å². The van der Waals surface area contributed by atoms with Crippen molar-refractivity contribution in [1.29, 1.82) is 5.26 Å². The van der Waals surface area contributed by atoms with Crippen molar-refractivity contribution in [3.63, 3.8) is 0 Å².